The zero-order valence-electron chi connectivity index (χ0n) is 10.7. The normalized spacial score (nSPS) is 10.5. The average Bonchev–Trinajstić information content (AvgIpc) is 2.98. The van der Waals surface area contributed by atoms with Gasteiger partial charge in [-0.15, -0.1) is 11.3 Å². The zero-order chi connectivity index (χ0) is 14.8. The van der Waals surface area contributed by atoms with Crippen LogP contribution in [-0.4, -0.2) is 9.91 Å². The van der Waals surface area contributed by atoms with Crippen LogP contribution in [0.5, 0.6) is 0 Å². The first-order chi connectivity index (χ1) is 10.1. The lowest BCUT2D eigenvalue weighted by Gasteiger charge is -2.00. The summed E-state index contributed by atoms with van der Waals surface area (Å²) in [6.07, 6.45) is 0. The molecule has 6 heteroatoms. The molecule has 3 aromatic rings. The van der Waals surface area contributed by atoms with E-state index in [2.05, 4.69) is 20.9 Å². The van der Waals surface area contributed by atoms with E-state index in [1.54, 1.807) is 6.07 Å². The molecule has 0 aliphatic heterocycles. The van der Waals surface area contributed by atoms with E-state index in [1.807, 2.05) is 35.7 Å². The molecule has 21 heavy (non-hydrogen) atoms. The molecule has 0 aliphatic carbocycles. The number of halogens is 1. The molecule has 1 aromatic heterocycles. The van der Waals surface area contributed by atoms with E-state index in [4.69, 9.17) is 0 Å². The predicted molar refractivity (Wildman–Crippen MR) is 87.3 cm³/mol. The molecule has 3 rings (SSSR count). The lowest BCUT2D eigenvalue weighted by molar-refractivity contribution is -0.384. The minimum Gasteiger partial charge on any atom is -0.258 e. The van der Waals surface area contributed by atoms with Gasteiger partial charge in [-0.1, -0.05) is 46.3 Å². The van der Waals surface area contributed by atoms with Crippen LogP contribution in [0.3, 0.4) is 0 Å². The number of rotatable bonds is 3. The van der Waals surface area contributed by atoms with Crippen LogP contribution in [-0.2, 0) is 0 Å². The molecule has 0 atom stereocenters. The van der Waals surface area contributed by atoms with Crippen molar-refractivity contribution in [1.29, 1.82) is 0 Å². The molecule has 0 amide bonds. The molecule has 2 aromatic carbocycles. The molecule has 0 saturated heterocycles. The number of nitro benzene ring substituents is 1. The second-order valence-corrected chi connectivity index (χ2v) is 6.04. The Morgan fingerprint density at radius 1 is 1.14 bits per heavy atom. The average molecular weight is 361 g/mol. The summed E-state index contributed by atoms with van der Waals surface area (Å²) in [6.45, 7) is 0. The van der Waals surface area contributed by atoms with Gasteiger partial charge < -0.3 is 0 Å². The number of aromatic nitrogens is 1. The SMILES string of the molecule is O=[N+]([O-])c1ccc(Br)c(-c2nc(-c3ccccc3)cs2)c1. The minimum absolute atomic E-state index is 0.0599. The van der Waals surface area contributed by atoms with Gasteiger partial charge in [-0.2, -0.15) is 0 Å². The maximum absolute atomic E-state index is 10.9. The van der Waals surface area contributed by atoms with Crippen LogP contribution in [0.25, 0.3) is 21.8 Å². The van der Waals surface area contributed by atoms with E-state index in [0.717, 1.165) is 26.3 Å². The van der Waals surface area contributed by atoms with Crippen LogP contribution in [0.2, 0.25) is 0 Å². The van der Waals surface area contributed by atoms with Crippen LogP contribution in [0, 0.1) is 10.1 Å². The summed E-state index contributed by atoms with van der Waals surface area (Å²) in [7, 11) is 0. The first-order valence-electron chi connectivity index (χ1n) is 6.10. The van der Waals surface area contributed by atoms with Crippen molar-refractivity contribution in [2.24, 2.45) is 0 Å². The molecule has 1 heterocycles. The number of hydrogen-bond donors (Lipinski definition) is 0. The van der Waals surface area contributed by atoms with Gasteiger partial charge >= 0.3 is 0 Å². The van der Waals surface area contributed by atoms with Crippen molar-refractivity contribution in [2.45, 2.75) is 0 Å². The highest BCUT2D eigenvalue weighted by molar-refractivity contribution is 9.10. The third kappa shape index (κ3) is 2.86. The highest BCUT2D eigenvalue weighted by Gasteiger charge is 2.14. The Hall–Kier alpha value is -2.05. The Kier molecular flexibility index (Phi) is 3.81. The molecule has 4 nitrogen and oxygen atoms in total. The third-order valence-electron chi connectivity index (χ3n) is 2.96. The van der Waals surface area contributed by atoms with E-state index in [9.17, 15) is 10.1 Å². The monoisotopic (exact) mass is 360 g/mol. The topological polar surface area (TPSA) is 56.0 Å². The van der Waals surface area contributed by atoms with E-state index in [1.165, 1.54) is 23.5 Å². The molecule has 0 N–H and O–H groups in total. The zero-order valence-corrected chi connectivity index (χ0v) is 13.1. The second kappa shape index (κ2) is 5.75. The summed E-state index contributed by atoms with van der Waals surface area (Å²) >= 11 is 4.89. The quantitative estimate of drug-likeness (QED) is 0.479. The fraction of sp³-hybridized carbons (Fsp3) is 0. The molecule has 0 spiro atoms. The number of hydrogen-bond acceptors (Lipinski definition) is 4. The molecular weight excluding hydrogens is 352 g/mol. The van der Waals surface area contributed by atoms with Crippen LogP contribution in [0.15, 0.2) is 58.4 Å². The number of non-ortho nitro benzene ring substituents is 1. The van der Waals surface area contributed by atoms with Crippen LogP contribution in [0.1, 0.15) is 0 Å². The summed E-state index contributed by atoms with van der Waals surface area (Å²) in [4.78, 5) is 15.1. The maximum Gasteiger partial charge on any atom is 0.270 e. The summed E-state index contributed by atoms with van der Waals surface area (Å²) in [5.41, 5.74) is 2.69. The number of benzene rings is 2. The summed E-state index contributed by atoms with van der Waals surface area (Å²) in [6, 6.07) is 14.5. The molecule has 0 bridgehead atoms. The predicted octanol–water partition coefficient (Wildman–Crippen LogP) is 5.15. The van der Waals surface area contributed by atoms with Crippen molar-refractivity contribution < 1.29 is 4.92 Å². The van der Waals surface area contributed by atoms with Crippen LogP contribution in [0.4, 0.5) is 5.69 Å². The highest BCUT2D eigenvalue weighted by Crippen LogP contribution is 2.35. The largest absolute Gasteiger partial charge is 0.270 e. The van der Waals surface area contributed by atoms with Gasteiger partial charge in [0.05, 0.1) is 10.6 Å². The minimum atomic E-state index is -0.401. The first-order valence-corrected chi connectivity index (χ1v) is 7.77. The second-order valence-electron chi connectivity index (χ2n) is 4.33. The van der Waals surface area contributed by atoms with Gasteiger partial charge in [0.25, 0.3) is 5.69 Å². The van der Waals surface area contributed by atoms with Crippen molar-refractivity contribution >= 4 is 33.0 Å². The highest BCUT2D eigenvalue weighted by atomic mass is 79.9. The van der Waals surface area contributed by atoms with Crippen LogP contribution < -0.4 is 0 Å². The van der Waals surface area contributed by atoms with E-state index >= 15 is 0 Å². The van der Waals surface area contributed by atoms with Crippen LogP contribution >= 0.6 is 27.3 Å². The molecule has 104 valence electrons. The Balaban J connectivity index is 2.04. The molecule has 0 saturated carbocycles. The van der Waals surface area contributed by atoms with Crippen molar-refractivity contribution in [3.8, 4) is 21.8 Å². The van der Waals surface area contributed by atoms with Crippen molar-refractivity contribution in [3.63, 3.8) is 0 Å². The van der Waals surface area contributed by atoms with Gasteiger partial charge in [-0.3, -0.25) is 10.1 Å². The lowest BCUT2D eigenvalue weighted by Crippen LogP contribution is -1.89. The smallest absolute Gasteiger partial charge is 0.258 e. The summed E-state index contributed by atoms with van der Waals surface area (Å²) in [5.74, 6) is 0. The fourth-order valence-electron chi connectivity index (χ4n) is 1.93. The van der Waals surface area contributed by atoms with Gasteiger partial charge in [0.1, 0.15) is 5.01 Å². The number of thiazole rings is 1. The van der Waals surface area contributed by atoms with Crippen molar-refractivity contribution in [3.05, 3.63) is 68.5 Å². The molecule has 0 aliphatic rings. The Morgan fingerprint density at radius 3 is 2.62 bits per heavy atom. The van der Waals surface area contributed by atoms with Crippen molar-refractivity contribution in [2.75, 3.05) is 0 Å². The third-order valence-corrected chi connectivity index (χ3v) is 4.53. The Bertz CT molecular complexity index is 802. The Labute approximate surface area is 133 Å². The number of nitrogens with zero attached hydrogens (tertiary/aromatic N) is 2. The van der Waals surface area contributed by atoms with E-state index < -0.39 is 4.92 Å². The Morgan fingerprint density at radius 2 is 1.90 bits per heavy atom. The standard InChI is InChI=1S/C15H9BrN2O2S/c16-13-7-6-11(18(19)20)8-12(13)15-17-14(9-21-15)10-4-2-1-3-5-10/h1-9H. The maximum atomic E-state index is 10.9. The molecule has 0 unspecified atom stereocenters. The van der Waals surface area contributed by atoms with Gasteiger partial charge in [-0.25, -0.2) is 4.98 Å². The van der Waals surface area contributed by atoms with Crippen molar-refractivity contribution in [1.82, 2.24) is 4.98 Å². The number of nitro groups is 1. The first kappa shape index (κ1) is 13.9. The summed E-state index contributed by atoms with van der Waals surface area (Å²) in [5, 5.41) is 13.6. The summed E-state index contributed by atoms with van der Waals surface area (Å²) < 4.78 is 0.794. The van der Waals surface area contributed by atoms with E-state index in [0.29, 0.717) is 0 Å². The molecular formula is C15H9BrN2O2S. The van der Waals surface area contributed by atoms with Gasteiger partial charge in [0, 0.05) is 33.1 Å². The lowest BCUT2D eigenvalue weighted by atomic mass is 10.2. The molecule has 0 fully saturated rings. The van der Waals surface area contributed by atoms with Gasteiger partial charge in [-0.05, 0) is 6.07 Å². The van der Waals surface area contributed by atoms with Gasteiger partial charge in [0.15, 0.2) is 0 Å². The fourth-order valence-corrected chi connectivity index (χ4v) is 3.35. The van der Waals surface area contributed by atoms with Gasteiger partial charge in [0.2, 0.25) is 0 Å². The van der Waals surface area contributed by atoms with E-state index in [-0.39, 0.29) is 5.69 Å². The molecule has 0 radical (unpaired) electrons.